The number of hydrogen-bond donors (Lipinski definition) is 1. The molecule has 1 heterocycles. The van der Waals surface area contributed by atoms with Crippen LogP contribution in [0.15, 0.2) is 42.5 Å². The Morgan fingerprint density at radius 2 is 1.88 bits per heavy atom. The lowest BCUT2D eigenvalue weighted by atomic mass is 10.1. The Bertz CT molecular complexity index is 455. The zero-order valence-electron chi connectivity index (χ0n) is 9.16. The van der Waals surface area contributed by atoms with E-state index in [1.807, 2.05) is 6.07 Å². The van der Waals surface area contributed by atoms with E-state index in [0.717, 1.165) is 5.56 Å². The second kappa shape index (κ2) is 5.39. The third-order valence-electron chi connectivity index (χ3n) is 2.32. The molecular formula is C13H12F2N2. The summed E-state index contributed by atoms with van der Waals surface area (Å²) in [5.41, 5.74) is 0.897. The van der Waals surface area contributed by atoms with E-state index in [2.05, 4.69) is 10.3 Å². The van der Waals surface area contributed by atoms with Gasteiger partial charge in [0.05, 0.1) is 0 Å². The van der Waals surface area contributed by atoms with Crippen LogP contribution in [-0.4, -0.2) is 11.5 Å². The zero-order chi connectivity index (χ0) is 12.1. The van der Waals surface area contributed by atoms with Crippen molar-refractivity contribution in [2.45, 2.75) is 6.42 Å². The highest BCUT2D eigenvalue weighted by molar-refractivity contribution is 5.33. The van der Waals surface area contributed by atoms with Gasteiger partial charge in [0, 0.05) is 6.54 Å². The molecule has 0 atom stereocenters. The van der Waals surface area contributed by atoms with Gasteiger partial charge >= 0.3 is 0 Å². The van der Waals surface area contributed by atoms with Gasteiger partial charge in [-0.3, -0.25) is 0 Å². The Morgan fingerprint density at radius 3 is 2.65 bits per heavy atom. The van der Waals surface area contributed by atoms with Crippen molar-refractivity contribution in [2.75, 3.05) is 11.9 Å². The number of anilines is 1. The molecule has 2 rings (SSSR count). The van der Waals surface area contributed by atoms with E-state index >= 15 is 0 Å². The standard InChI is InChI=1S/C13H12F2N2/c14-11-4-1-3-10(9-11)7-8-16-13-6-2-5-12(15)17-13/h1-6,9H,7-8H2,(H,16,17). The van der Waals surface area contributed by atoms with E-state index in [1.54, 1.807) is 18.2 Å². The molecule has 0 aliphatic heterocycles. The average molecular weight is 234 g/mol. The van der Waals surface area contributed by atoms with Crippen molar-refractivity contribution in [1.82, 2.24) is 4.98 Å². The SMILES string of the molecule is Fc1cccc(CCNc2cccc(F)n2)c1. The third kappa shape index (κ3) is 3.52. The Hall–Kier alpha value is -1.97. The quantitative estimate of drug-likeness (QED) is 0.822. The van der Waals surface area contributed by atoms with Gasteiger partial charge in [0.15, 0.2) is 0 Å². The third-order valence-corrected chi connectivity index (χ3v) is 2.32. The van der Waals surface area contributed by atoms with Gasteiger partial charge in [0.1, 0.15) is 11.6 Å². The minimum absolute atomic E-state index is 0.244. The minimum atomic E-state index is -0.513. The molecule has 0 bridgehead atoms. The van der Waals surface area contributed by atoms with Crippen LogP contribution < -0.4 is 5.32 Å². The first-order valence-corrected chi connectivity index (χ1v) is 5.35. The lowest BCUT2D eigenvalue weighted by molar-refractivity contribution is 0.585. The molecule has 1 aromatic heterocycles. The van der Waals surface area contributed by atoms with E-state index in [0.29, 0.717) is 18.8 Å². The first kappa shape index (κ1) is 11.5. The van der Waals surface area contributed by atoms with Crippen molar-refractivity contribution in [2.24, 2.45) is 0 Å². The Balaban J connectivity index is 1.87. The number of rotatable bonds is 4. The summed E-state index contributed by atoms with van der Waals surface area (Å²) in [5, 5.41) is 2.98. The maximum absolute atomic E-state index is 12.9. The van der Waals surface area contributed by atoms with E-state index in [-0.39, 0.29) is 5.82 Å². The monoisotopic (exact) mass is 234 g/mol. The molecule has 1 aromatic carbocycles. The van der Waals surface area contributed by atoms with Crippen LogP contribution in [0, 0.1) is 11.8 Å². The highest BCUT2D eigenvalue weighted by Gasteiger charge is 1.97. The van der Waals surface area contributed by atoms with Gasteiger partial charge in [0.2, 0.25) is 5.95 Å². The molecule has 0 spiro atoms. The van der Waals surface area contributed by atoms with Gasteiger partial charge in [-0.05, 0) is 36.2 Å². The van der Waals surface area contributed by atoms with Crippen LogP contribution in [0.5, 0.6) is 0 Å². The Kier molecular flexibility index (Phi) is 3.65. The summed E-state index contributed by atoms with van der Waals surface area (Å²) in [6.07, 6.45) is 0.663. The van der Waals surface area contributed by atoms with E-state index in [1.165, 1.54) is 18.2 Å². The number of aromatic nitrogens is 1. The molecule has 4 heteroatoms. The zero-order valence-corrected chi connectivity index (χ0v) is 9.16. The first-order chi connectivity index (χ1) is 8.24. The van der Waals surface area contributed by atoms with Gasteiger partial charge < -0.3 is 5.32 Å². The lowest BCUT2D eigenvalue weighted by Gasteiger charge is -2.05. The van der Waals surface area contributed by atoms with E-state index in [9.17, 15) is 8.78 Å². The lowest BCUT2D eigenvalue weighted by Crippen LogP contribution is -2.06. The highest BCUT2D eigenvalue weighted by Crippen LogP contribution is 2.06. The second-order valence-corrected chi connectivity index (χ2v) is 3.65. The minimum Gasteiger partial charge on any atom is -0.370 e. The normalized spacial score (nSPS) is 10.2. The van der Waals surface area contributed by atoms with E-state index in [4.69, 9.17) is 0 Å². The maximum atomic E-state index is 12.9. The number of benzene rings is 1. The fourth-order valence-corrected chi connectivity index (χ4v) is 1.53. The van der Waals surface area contributed by atoms with Gasteiger partial charge in [-0.2, -0.15) is 4.39 Å². The van der Waals surface area contributed by atoms with Crippen LogP contribution in [0.4, 0.5) is 14.6 Å². The predicted molar refractivity (Wildman–Crippen MR) is 62.8 cm³/mol. The van der Waals surface area contributed by atoms with Gasteiger partial charge in [-0.1, -0.05) is 18.2 Å². The summed E-state index contributed by atoms with van der Waals surface area (Å²) >= 11 is 0. The molecule has 2 nitrogen and oxygen atoms in total. The summed E-state index contributed by atoms with van der Waals surface area (Å²) in [7, 11) is 0. The van der Waals surface area contributed by atoms with Crippen LogP contribution in [0.2, 0.25) is 0 Å². The highest BCUT2D eigenvalue weighted by atomic mass is 19.1. The molecular weight excluding hydrogens is 222 g/mol. The smallest absolute Gasteiger partial charge is 0.214 e. The molecule has 0 radical (unpaired) electrons. The van der Waals surface area contributed by atoms with Crippen LogP contribution in [-0.2, 0) is 6.42 Å². The molecule has 0 saturated carbocycles. The average Bonchev–Trinajstić information content (AvgIpc) is 2.29. The molecule has 0 unspecified atom stereocenters. The van der Waals surface area contributed by atoms with Crippen LogP contribution in [0.3, 0.4) is 0 Å². The summed E-state index contributed by atoms with van der Waals surface area (Å²) in [5.74, 6) is -0.270. The van der Waals surface area contributed by atoms with Gasteiger partial charge in [-0.15, -0.1) is 0 Å². The van der Waals surface area contributed by atoms with Crippen molar-refractivity contribution in [1.29, 1.82) is 0 Å². The molecule has 2 aromatic rings. The number of pyridine rings is 1. The predicted octanol–water partition coefficient (Wildman–Crippen LogP) is 3.01. The van der Waals surface area contributed by atoms with Crippen molar-refractivity contribution >= 4 is 5.82 Å². The van der Waals surface area contributed by atoms with Crippen molar-refractivity contribution in [3.63, 3.8) is 0 Å². The Morgan fingerprint density at radius 1 is 1.06 bits per heavy atom. The number of halogens is 2. The van der Waals surface area contributed by atoms with Crippen LogP contribution in [0.1, 0.15) is 5.56 Å². The molecule has 0 aliphatic rings. The first-order valence-electron chi connectivity index (χ1n) is 5.35. The van der Waals surface area contributed by atoms with Crippen molar-refractivity contribution in [3.8, 4) is 0 Å². The molecule has 88 valence electrons. The second-order valence-electron chi connectivity index (χ2n) is 3.65. The Labute approximate surface area is 98.3 Å². The van der Waals surface area contributed by atoms with Crippen LogP contribution in [0.25, 0.3) is 0 Å². The molecule has 1 N–H and O–H groups in total. The molecule has 0 amide bonds. The van der Waals surface area contributed by atoms with Crippen molar-refractivity contribution < 1.29 is 8.78 Å². The molecule has 0 aliphatic carbocycles. The summed E-state index contributed by atoms with van der Waals surface area (Å²) < 4.78 is 25.7. The maximum Gasteiger partial charge on any atom is 0.214 e. The van der Waals surface area contributed by atoms with Gasteiger partial charge in [0.25, 0.3) is 0 Å². The van der Waals surface area contributed by atoms with Crippen molar-refractivity contribution in [3.05, 3.63) is 59.8 Å². The van der Waals surface area contributed by atoms with Gasteiger partial charge in [-0.25, -0.2) is 9.37 Å². The number of hydrogen-bond acceptors (Lipinski definition) is 2. The number of nitrogens with zero attached hydrogens (tertiary/aromatic N) is 1. The largest absolute Gasteiger partial charge is 0.370 e. The molecule has 0 fully saturated rings. The molecule has 0 saturated heterocycles. The van der Waals surface area contributed by atoms with E-state index < -0.39 is 5.95 Å². The van der Waals surface area contributed by atoms with Crippen LogP contribution >= 0.6 is 0 Å². The summed E-state index contributed by atoms with van der Waals surface area (Å²) in [6.45, 7) is 0.583. The topological polar surface area (TPSA) is 24.9 Å². The summed E-state index contributed by atoms with van der Waals surface area (Å²) in [6, 6.07) is 11.0. The fourth-order valence-electron chi connectivity index (χ4n) is 1.53. The molecule has 17 heavy (non-hydrogen) atoms. The fraction of sp³-hybridized carbons (Fsp3) is 0.154. The summed E-state index contributed by atoms with van der Waals surface area (Å²) in [4.78, 5) is 3.67. The number of nitrogens with one attached hydrogen (secondary N) is 1.